The quantitative estimate of drug-likeness (QED) is 0.718. The Morgan fingerprint density at radius 3 is 2.42 bits per heavy atom. The van der Waals surface area contributed by atoms with Crippen LogP contribution in [0.2, 0.25) is 0 Å². The Kier molecular flexibility index (Phi) is 4.55. The SMILES string of the molecule is O=c1ccc(-c2ccc(OC(F)F)cc2)nn1Cc1cncnc1. The van der Waals surface area contributed by atoms with Gasteiger partial charge in [-0.1, -0.05) is 0 Å². The van der Waals surface area contributed by atoms with E-state index in [1.165, 1.54) is 29.2 Å². The first-order valence-corrected chi connectivity index (χ1v) is 6.99. The van der Waals surface area contributed by atoms with Crippen molar-refractivity contribution in [3.63, 3.8) is 0 Å². The molecule has 0 unspecified atom stereocenters. The number of hydrogen-bond acceptors (Lipinski definition) is 5. The molecule has 0 aliphatic carbocycles. The summed E-state index contributed by atoms with van der Waals surface area (Å²) in [5.74, 6) is 0.0588. The largest absolute Gasteiger partial charge is 0.435 e. The predicted octanol–water partition coefficient (Wildman–Crippen LogP) is 2.35. The minimum absolute atomic E-state index is 0.0588. The van der Waals surface area contributed by atoms with Crippen LogP contribution in [0.25, 0.3) is 11.3 Å². The van der Waals surface area contributed by atoms with E-state index in [4.69, 9.17) is 0 Å². The molecule has 2 heterocycles. The molecule has 0 fully saturated rings. The summed E-state index contributed by atoms with van der Waals surface area (Å²) < 4.78 is 29.9. The van der Waals surface area contributed by atoms with Crippen molar-refractivity contribution < 1.29 is 13.5 Å². The van der Waals surface area contributed by atoms with Crippen LogP contribution in [0.5, 0.6) is 5.75 Å². The Morgan fingerprint density at radius 1 is 1.04 bits per heavy atom. The highest BCUT2D eigenvalue weighted by molar-refractivity contribution is 5.59. The van der Waals surface area contributed by atoms with Gasteiger partial charge < -0.3 is 4.74 Å². The highest BCUT2D eigenvalue weighted by atomic mass is 19.3. The maximum atomic E-state index is 12.2. The van der Waals surface area contributed by atoms with E-state index < -0.39 is 6.61 Å². The van der Waals surface area contributed by atoms with Gasteiger partial charge in [-0.15, -0.1) is 0 Å². The molecule has 122 valence electrons. The van der Waals surface area contributed by atoms with Crippen LogP contribution in [0.1, 0.15) is 5.56 Å². The molecule has 0 aliphatic heterocycles. The highest BCUT2D eigenvalue weighted by Gasteiger charge is 2.07. The normalized spacial score (nSPS) is 10.8. The lowest BCUT2D eigenvalue weighted by molar-refractivity contribution is -0.0498. The third kappa shape index (κ3) is 3.78. The molecule has 0 radical (unpaired) electrons. The van der Waals surface area contributed by atoms with E-state index in [0.29, 0.717) is 11.3 Å². The van der Waals surface area contributed by atoms with Gasteiger partial charge in [0.15, 0.2) is 0 Å². The third-order valence-electron chi connectivity index (χ3n) is 3.19. The van der Waals surface area contributed by atoms with E-state index in [2.05, 4.69) is 19.8 Å². The van der Waals surface area contributed by atoms with E-state index in [1.54, 1.807) is 30.6 Å². The molecule has 0 aliphatic rings. The summed E-state index contributed by atoms with van der Waals surface area (Å²) in [6, 6.07) is 9.01. The molecule has 3 aromatic rings. The number of rotatable bonds is 5. The Morgan fingerprint density at radius 2 is 1.75 bits per heavy atom. The molecule has 0 spiro atoms. The second-order valence-electron chi connectivity index (χ2n) is 4.86. The van der Waals surface area contributed by atoms with Gasteiger partial charge in [-0.2, -0.15) is 13.9 Å². The number of halogens is 2. The van der Waals surface area contributed by atoms with Gasteiger partial charge in [-0.05, 0) is 30.3 Å². The van der Waals surface area contributed by atoms with Gasteiger partial charge in [-0.25, -0.2) is 14.6 Å². The van der Waals surface area contributed by atoms with Crippen LogP contribution >= 0.6 is 0 Å². The third-order valence-corrected chi connectivity index (χ3v) is 3.19. The molecule has 1 aromatic carbocycles. The minimum atomic E-state index is -2.87. The summed E-state index contributed by atoms with van der Waals surface area (Å²) in [7, 11) is 0. The molecule has 8 heteroatoms. The number of ether oxygens (including phenoxy) is 1. The number of alkyl halides is 2. The predicted molar refractivity (Wildman–Crippen MR) is 81.7 cm³/mol. The summed E-state index contributed by atoms with van der Waals surface area (Å²) in [4.78, 5) is 19.7. The maximum absolute atomic E-state index is 12.2. The zero-order chi connectivity index (χ0) is 16.9. The molecule has 0 amide bonds. The van der Waals surface area contributed by atoms with Crippen molar-refractivity contribution in [1.82, 2.24) is 19.7 Å². The molecule has 3 rings (SSSR count). The first-order chi connectivity index (χ1) is 11.6. The number of aromatic nitrogens is 4. The average molecular weight is 330 g/mol. The lowest BCUT2D eigenvalue weighted by Crippen LogP contribution is -2.22. The van der Waals surface area contributed by atoms with Crippen LogP contribution in [0.3, 0.4) is 0 Å². The lowest BCUT2D eigenvalue weighted by Gasteiger charge is -2.08. The summed E-state index contributed by atoms with van der Waals surface area (Å²) in [5.41, 5.74) is 1.69. The monoisotopic (exact) mass is 330 g/mol. The first-order valence-electron chi connectivity index (χ1n) is 6.99. The minimum Gasteiger partial charge on any atom is -0.435 e. The fourth-order valence-electron chi connectivity index (χ4n) is 2.11. The van der Waals surface area contributed by atoms with Gasteiger partial charge in [0.25, 0.3) is 5.56 Å². The summed E-state index contributed by atoms with van der Waals surface area (Å²) >= 11 is 0. The van der Waals surface area contributed by atoms with E-state index in [9.17, 15) is 13.6 Å². The zero-order valence-corrected chi connectivity index (χ0v) is 12.3. The highest BCUT2D eigenvalue weighted by Crippen LogP contribution is 2.21. The van der Waals surface area contributed by atoms with Gasteiger partial charge in [-0.3, -0.25) is 4.79 Å². The molecule has 2 aromatic heterocycles. The van der Waals surface area contributed by atoms with Crippen LogP contribution < -0.4 is 10.3 Å². The van der Waals surface area contributed by atoms with Gasteiger partial charge >= 0.3 is 6.61 Å². The molecule has 0 N–H and O–H groups in total. The fourth-order valence-corrected chi connectivity index (χ4v) is 2.11. The molecule has 0 saturated carbocycles. The van der Waals surface area contributed by atoms with Crippen molar-refractivity contribution in [2.24, 2.45) is 0 Å². The van der Waals surface area contributed by atoms with Gasteiger partial charge in [0.1, 0.15) is 12.1 Å². The van der Waals surface area contributed by atoms with Crippen LogP contribution in [-0.2, 0) is 6.54 Å². The van der Waals surface area contributed by atoms with E-state index in [-0.39, 0.29) is 17.9 Å². The van der Waals surface area contributed by atoms with Crippen molar-refractivity contribution in [3.8, 4) is 17.0 Å². The van der Waals surface area contributed by atoms with Crippen LogP contribution in [0, 0.1) is 0 Å². The van der Waals surface area contributed by atoms with Crippen LogP contribution in [0.15, 0.2) is 59.9 Å². The smallest absolute Gasteiger partial charge is 0.387 e. The van der Waals surface area contributed by atoms with Crippen molar-refractivity contribution in [2.45, 2.75) is 13.2 Å². The van der Waals surface area contributed by atoms with Gasteiger partial charge in [0.2, 0.25) is 0 Å². The van der Waals surface area contributed by atoms with Crippen LogP contribution in [0.4, 0.5) is 8.78 Å². The summed E-state index contributed by atoms with van der Waals surface area (Å²) in [5, 5.41) is 4.29. The average Bonchev–Trinajstić information content (AvgIpc) is 2.58. The standard InChI is InChI=1S/C16H12F2N4O2/c17-16(18)24-13-3-1-12(2-4-13)14-5-6-15(23)22(21-14)9-11-7-19-10-20-8-11/h1-8,10,16H,9H2. The molecule has 6 nitrogen and oxygen atoms in total. The van der Waals surface area contributed by atoms with Crippen molar-refractivity contribution in [1.29, 1.82) is 0 Å². The summed E-state index contributed by atoms with van der Waals surface area (Å²) in [6.45, 7) is -2.64. The molecular weight excluding hydrogens is 318 g/mol. The van der Waals surface area contributed by atoms with E-state index in [1.807, 2.05) is 0 Å². The maximum Gasteiger partial charge on any atom is 0.387 e. The van der Waals surface area contributed by atoms with E-state index in [0.717, 1.165) is 5.56 Å². The van der Waals surface area contributed by atoms with Gasteiger partial charge in [0.05, 0.1) is 12.2 Å². The van der Waals surface area contributed by atoms with E-state index >= 15 is 0 Å². The number of benzene rings is 1. The Balaban J connectivity index is 1.86. The van der Waals surface area contributed by atoms with Crippen LogP contribution in [-0.4, -0.2) is 26.4 Å². The molecule has 0 atom stereocenters. The molecular formula is C16H12F2N4O2. The van der Waals surface area contributed by atoms with Gasteiger partial charge in [0, 0.05) is 29.6 Å². The Hall–Kier alpha value is -3.16. The first kappa shape index (κ1) is 15.7. The second-order valence-corrected chi connectivity index (χ2v) is 4.86. The fraction of sp³-hybridized carbons (Fsp3) is 0.125. The molecule has 0 bridgehead atoms. The topological polar surface area (TPSA) is 69.9 Å². The van der Waals surface area contributed by atoms with Crippen molar-refractivity contribution >= 4 is 0 Å². The number of hydrogen-bond donors (Lipinski definition) is 0. The van der Waals surface area contributed by atoms with Crippen molar-refractivity contribution in [2.75, 3.05) is 0 Å². The molecule has 24 heavy (non-hydrogen) atoms. The number of nitrogens with zero attached hydrogens (tertiary/aromatic N) is 4. The molecule has 0 saturated heterocycles. The summed E-state index contributed by atoms with van der Waals surface area (Å²) in [6.07, 6.45) is 4.60. The zero-order valence-electron chi connectivity index (χ0n) is 12.3. The second kappa shape index (κ2) is 6.95. The Labute approximate surface area is 135 Å². The Bertz CT molecular complexity index is 867. The lowest BCUT2D eigenvalue weighted by atomic mass is 10.1. The van der Waals surface area contributed by atoms with Crippen molar-refractivity contribution in [3.05, 3.63) is 71.0 Å².